The number of amides is 1. The fraction of sp³-hybridized carbons (Fsp3) is 0.143. The molecular weight excluding hydrogens is 398 g/mol. The Hall–Kier alpha value is -2.83. The van der Waals surface area contributed by atoms with Gasteiger partial charge in [-0.15, -0.1) is 0 Å². The van der Waals surface area contributed by atoms with Gasteiger partial charge >= 0.3 is 6.16 Å². The molecule has 2 aromatic carbocycles. The smallest absolute Gasteiger partial charge is 0.449 e. The summed E-state index contributed by atoms with van der Waals surface area (Å²) in [7, 11) is 0. The standard InChI is InChI=1S/C21H18ClNO4S/c1-13(2)23(19(24)15-8-10-16(22)11-9-15)17-12-18(14-6-4-3-5-7-14)28-20(17)27-21(25)26/h3-13H,1-2H3,(H,25,26). The van der Waals surface area contributed by atoms with E-state index in [2.05, 4.69) is 0 Å². The van der Waals surface area contributed by atoms with Crippen LogP contribution in [0, 0.1) is 0 Å². The van der Waals surface area contributed by atoms with Crippen LogP contribution in [0.1, 0.15) is 24.2 Å². The van der Waals surface area contributed by atoms with E-state index in [1.54, 1.807) is 30.3 Å². The zero-order valence-corrected chi connectivity index (χ0v) is 16.8. The van der Waals surface area contributed by atoms with Crippen molar-refractivity contribution in [2.45, 2.75) is 19.9 Å². The number of carboxylic acid groups (broad SMARTS) is 1. The third kappa shape index (κ3) is 4.35. The lowest BCUT2D eigenvalue weighted by atomic mass is 10.1. The van der Waals surface area contributed by atoms with Crippen LogP contribution < -0.4 is 9.64 Å². The number of hydrogen-bond donors (Lipinski definition) is 1. The molecule has 0 fully saturated rings. The Morgan fingerprint density at radius 1 is 1.07 bits per heavy atom. The van der Waals surface area contributed by atoms with Crippen molar-refractivity contribution in [3.63, 3.8) is 0 Å². The second-order valence-electron chi connectivity index (χ2n) is 6.29. The topological polar surface area (TPSA) is 66.8 Å². The number of benzene rings is 2. The van der Waals surface area contributed by atoms with E-state index in [0.717, 1.165) is 10.4 Å². The van der Waals surface area contributed by atoms with E-state index in [-0.39, 0.29) is 17.0 Å². The first-order chi connectivity index (χ1) is 13.4. The van der Waals surface area contributed by atoms with Crippen molar-refractivity contribution < 1.29 is 19.4 Å². The molecule has 1 heterocycles. The third-order valence-corrected chi connectivity index (χ3v) is 5.31. The van der Waals surface area contributed by atoms with Crippen LogP contribution in [0.25, 0.3) is 10.4 Å². The lowest BCUT2D eigenvalue weighted by Gasteiger charge is -2.26. The van der Waals surface area contributed by atoms with Gasteiger partial charge in [0.1, 0.15) is 0 Å². The highest BCUT2D eigenvalue weighted by Gasteiger charge is 2.27. The number of anilines is 1. The third-order valence-electron chi connectivity index (χ3n) is 4.00. The van der Waals surface area contributed by atoms with Gasteiger partial charge in [-0.25, -0.2) is 4.79 Å². The van der Waals surface area contributed by atoms with Crippen molar-refractivity contribution in [1.82, 2.24) is 0 Å². The zero-order chi connectivity index (χ0) is 20.3. The molecular formula is C21H18ClNO4S. The number of halogens is 1. The van der Waals surface area contributed by atoms with Gasteiger partial charge in [0.15, 0.2) is 0 Å². The number of thiophene rings is 1. The van der Waals surface area contributed by atoms with Crippen molar-refractivity contribution in [3.8, 4) is 15.5 Å². The van der Waals surface area contributed by atoms with Gasteiger partial charge in [-0.05, 0) is 49.7 Å². The molecule has 28 heavy (non-hydrogen) atoms. The summed E-state index contributed by atoms with van der Waals surface area (Å²) in [5.41, 5.74) is 1.78. The molecule has 3 aromatic rings. The van der Waals surface area contributed by atoms with E-state index in [0.29, 0.717) is 16.3 Å². The zero-order valence-electron chi connectivity index (χ0n) is 15.3. The Balaban J connectivity index is 2.08. The second-order valence-corrected chi connectivity index (χ2v) is 7.74. The highest BCUT2D eigenvalue weighted by Crippen LogP contribution is 2.44. The molecule has 0 aliphatic rings. The van der Waals surface area contributed by atoms with Crippen LogP contribution >= 0.6 is 22.9 Å². The molecule has 1 aromatic heterocycles. The van der Waals surface area contributed by atoms with Crippen molar-refractivity contribution in [1.29, 1.82) is 0 Å². The summed E-state index contributed by atoms with van der Waals surface area (Å²) >= 11 is 7.10. The molecule has 0 bridgehead atoms. The first kappa shape index (κ1) is 19.9. The van der Waals surface area contributed by atoms with Crippen molar-refractivity contribution in [2.24, 2.45) is 0 Å². The van der Waals surface area contributed by atoms with Crippen LogP contribution in [0.4, 0.5) is 10.5 Å². The first-order valence-electron chi connectivity index (χ1n) is 8.56. The van der Waals surface area contributed by atoms with Crippen LogP contribution in [0.3, 0.4) is 0 Å². The summed E-state index contributed by atoms with van der Waals surface area (Å²) in [5, 5.41) is 9.83. The number of rotatable bonds is 5. The van der Waals surface area contributed by atoms with E-state index in [1.165, 1.54) is 16.2 Å². The van der Waals surface area contributed by atoms with Gasteiger partial charge in [-0.1, -0.05) is 53.3 Å². The maximum absolute atomic E-state index is 13.2. The largest absolute Gasteiger partial charge is 0.512 e. The van der Waals surface area contributed by atoms with Gasteiger partial charge in [0.25, 0.3) is 5.91 Å². The Morgan fingerprint density at radius 3 is 2.29 bits per heavy atom. The number of hydrogen-bond acceptors (Lipinski definition) is 4. The van der Waals surface area contributed by atoms with Gasteiger partial charge in [0, 0.05) is 21.5 Å². The summed E-state index contributed by atoms with van der Waals surface area (Å²) in [6.07, 6.45) is -1.43. The van der Waals surface area contributed by atoms with Crippen LogP contribution in [0.5, 0.6) is 5.06 Å². The van der Waals surface area contributed by atoms with Crippen molar-refractivity contribution in [2.75, 3.05) is 4.90 Å². The molecule has 0 aliphatic heterocycles. The number of ether oxygens (including phenoxy) is 1. The SMILES string of the molecule is CC(C)N(C(=O)c1ccc(Cl)cc1)c1cc(-c2ccccc2)sc1OC(=O)O. The first-order valence-corrected chi connectivity index (χ1v) is 9.75. The second kappa shape index (κ2) is 8.46. The average molecular weight is 416 g/mol. The molecule has 0 saturated heterocycles. The van der Waals surface area contributed by atoms with E-state index in [1.807, 2.05) is 44.2 Å². The molecule has 0 unspecified atom stereocenters. The molecule has 7 heteroatoms. The van der Waals surface area contributed by atoms with Gasteiger partial charge in [0.2, 0.25) is 5.06 Å². The molecule has 0 aliphatic carbocycles. The predicted molar refractivity (Wildman–Crippen MR) is 112 cm³/mol. The van der Waals surface area contributed by atoms with E-state index in [9.17, 15) is 9.59 Å². The van der Waals surface area contributed by atoms with E-state index in [4.69, 9.17) is 21.4 Å². The highest BCUT2D eigenvalue weighted by molar-refractivity contribution is 7.18. The van der Waals surface area contributed by atoms with E-state index >= 15 is 0 Å². The Labute approximate surface area is 171 Å². The minimum Gasteiger partial charge on any atom is -0.449 e. The Bertz CT molecular complexity index is 983. The van der Waals surface area contributed by atoms with Crippen molar-refractivity contribution >= 4 is 40.7 Å². The number of carbonyl (C=O) groups excluding carboxylic acids is 1. The maximum Gasteiger partial charge on any atom is 0.512 e. The van der Waals surface area contributed by atoms with Gasteiger partial charge in [0.05, 0.1) is 5.69 Å². The maximum atomic E-state index is 13.2. The molecule has 1 N–H and O–H groups in total. The van der Waals surface area contributed by atoms with Gasteiger partial charge < -0.3 is 14.7 Å². The lowest BCUT2D eigenvalue weighted by molar-refractivity contribution is 0.0978. The summed E-state index contributed by atoms with van der Waals surface area (Å²) in [6, 6.07) is 17.7. The summed E-state index contributed by atoms with van der Waals surface area (Å²) < 4.78 is 5.00. The van der Waals surface area contributed by atoms with Crippen LogP contribution in [0.15, 0.2) is 60.7 Å². The molecule has 0 atom stereocenters. The predicted octanol–water partition coefficient (Wildman–Crippen LogP) is 6.18. The molecule has 0 radical (unpaired) electrons. The average Bonchev–Trinajstić information content (AvgIpc) is 3.05. The van der Waals surface area contributed by atoms with Crippen molar-refractivity contribution in [3.05, 3.63) is 71.2 Å². The number of carbonyl (C=O) groups is 2. The number of nitrogens with zero attached hydrogens (tertiary/aromatic N) is 1. The quantitative estimate of drug-likeness (QED) is 0.505. The molecule has 0 saturated carbocycles. The Morgan fingerprint density at radius 2 is 1.71 bits per heavy atom. The monoisotopic (exact) mass is 415 g/mol. The highest BCUT2D eigenvalue weighted by atomic mass is 35.5. The van der Waals surface area contributed by atoms with Gasteiger partial charge in [-0.3, -0.25) is 4.79 Å². The molecule has 144 valence electrons. The summed E-state index contributed by atoms with van der Waals surface area (Å²) in [6.45, 7) is 3.72. The molecule has 0 spiro atoms. The normalized spacial score (nSPS) is 10.7. The minimum absolute atomic E-state index is 0.155. The fourth-order valence-corrected chi connectivity index (χ4v) is 3.91. The van der Waals surface area contributed by atoms with Crippen LogP contribution in [-0.4, -0.2) is 23.2 Å². The molecule has 5 nitrogen and oxygen atoms in total. The minimum atomic E-state index is -1.43. The fourth-order valence-electron chi connectivity index (χ4n) is 2.78. The lowest BCUT2D eigenvalue weighted by Crippen LogP contribution is -2.37. The summed E-state index contributed by atoms with van der Waals surface area (Å²) in [5.74, 6) is -0.265. The van der Waals surface area contributed by atoms with Gasteiger partial charge in [-0.2, -0.15) is 0 Å². The Kier molecular flexibility index (Phi) is 6.02. The summed E-state index contributed by atoms with van der Waals surface area (Å²) in [4.78, 5) is 26.7. The van der Waals surface area contributed by atoms with E-state index < -0.39 is 6.16 Å². The van der Waals surface area contributed by atoms with Crippen LogP contribution in [0.2, 0.25) is 5.02 Å². The molecule has 3 rings (SSSR count). The van der Waals surface area contributed by atoms with Crippen LogP contribution in [-0.2, 0) is 0 Å². The molecule has 1 amide bonds.